The Balaban J connectivity index is 1.51. The largest absolute Gasteiger partial charge is 0.451 e. The summed E-state index contributed by atoms with van der Waals surface area (Å²) in [6.45, 7) is 11.4. The summed E-state index contributed by atoms with van der Waals surface area (Å²) in [5, 5.41) is 4.48. The lowest BCUT2D eigenvalue weighted by atomic mass is 10.1. The van der Waals surface area contributed by atoms with Gasteiger partial charge in [0.05, 0.1) is 0 Å². The molecule has 1 N–H and O–H groups in total. The van der Waals surface area contributed by atoms with Gasteiger partial charge < -0.3 is 19.5 Å². The molecular weight excluding hydrogens is 386 g/mol. The van der Waals surface area contributed by atoms with Gasteiger partial charge in [-0.3, -0.25) is 4.79 Å². The predicted molar refractivity (Wildman–Crippen MR) is 119 cm³/mol. The Kier molecular flexibility index (Phi) is 5.52. The molecule has 2 heterocycles. The van der Waals surface area contributed by atoms with Gasteiger partial charge in [-0.25, -0.2) is 0 Å². The maximum Gasteiger partial charge on any atom is 0.291 e. The van der Waals surface area contributed by atoms with Crippen molar-refractivity contribution in [1.82, 2.24) is 4.90 Å². The van der Waals surface area contributed by atoms with Gasteiger partial charge >= 0.3 is 0 Å². The van der Waals surface area contributed by atoms with Crippen molar-refractivity contribution in [3.05, 3.63) is 58.3 Å². The van der Waals surface area contributed by atoms with E-state index in [1.807, 2.05) is 26.0 Å². The van der Waals surface area contributed by atoms with E-state index >= 15 is 0 Å². The van der Waals surface area contributed by atoms with E-state index in [-0.39, 0.29) is 5.91 Å². The molecule has 29 heavy (non-hydrogen) atoms. The first-order valence-corrected chi connectivity index (χ1v) is 10.4. The van der Waals surface area contributed by atoms with Crippen molar-refractivity contribution in [3.63, 3.8) is 0 Å². The summed E-state index contributed by atoms with van der Waals surface area (Å²) in [6.07, 6.45) is 0. The number of halogens is 1. The van der Waals surface area contributed by atoms with Crippen LogP contribution in [0.25, 0.3) is 11.0 Å². The smallest absolute Gasteiger partial charge is 0.291 e. The molecule has 0 bridgehead atoms. The zero-order chi connectivity index (χ0) is 20.5. The molecular formula is C23H26ClN3O2. The Bertz CT molecular complexity index is 1050. The summed E-state index contributed by atoms with van der Waals surface area (Å²) in [5.74, 6) is 0.0728. The first-order chi connectivity index (χ1) is 14.0. The van der Waals surface area contributed by atoms with Crippen molar-refractivity contribution < 1.29 is 9.21 Å². The van der Waals surface area contributed by atoms with E-state index in [9.17, 15) is 4.79 Å². The number of anilines is 2. The predicted octanol–water partition coefficient (Wildman–Crippen LogP) is 5.10. The van der Waals surface area contributed by atoms with Crippen LogP contribution in [-0.4, -0.2) is 43.5 Å². The molecule has 1 aromatic heterocycles. The second kappa shape index (κ2) is 8.09. The first kappa shape index (κ1) is 19.8. The van der Waals surface area contributed by atoms with Gasteiger partial charge in [-0.1, -0.05) is 18.5 Å². The van der Waals surface area contributed by atoms with E-state index in [0.717, 1.165) is 54.9 Å². The Hall–Kier alpha value is -2.50. The number of hydrogen-bond donors (Lipinski definition) is 1. The van der Waals surface area contributed by atoms with Crippen LogP contribution in [-0.2, 0) is 0 Å². The molecule has 1 amide bonds. The van der Waals surface area contributed by atoms with Crippen LogP contribution in [0.1, 0.15) is 28.6 Å². The van der Waals surface area contributed by atoms with Gasteiger partial charge in [-0.15, -0.1) is 0 Å². The maximum atomic E-state index is 12.8. The number of rotatable bonds is 4. The lowest BCUT2D eigenvalue weighted by Crippen LogP contribution is -2.46. The number of hydrogen-bond acceptors (Lipinski definition) is 4. The second-order valence-corrected chi connectivity index (χ2v) is 8.01. The number of fused-ring (bicyclic) bond motifs is 1. The molecule has 0 spiro atoms. The van der Waals surface area contributed by atoms with Crippen LogP contribution in [0.3, 0.4) is 0 Å². The highest BCUT2D eigenvalue weighted by molar-refractivity contribution is 6.31. The number of aryl methyl sites for hydroxylation is 2. The third kappa shape index (κ3) is 3.98. The number of amides is 1. The number of benzene rings is 2. The van der Waals surface area contributed by atoms with Gasteiger partial charge in [0.2, 0.25) is 0 Å². The van der Waals surface area contributed by atoms with Gasteiger partial charge in [0, 0.05) is 53.5 Å². The van der Waals surface area contributed by atoms with Crippen LogP contribution in [0.4, 0.5) is 11.4 Å². The van der Waals surface area contributed by atoms with Crippen molar-refractivity contribution in [2.24, 2.45) is 0 Å². The number of piperazine rings is 1. The van der Waals surface area contributed by atoms with Crippen molar-refractivity contribution in [1.29, 1.82) is 0 Å². The van der Waals surface area contributed by atoms with Crippen molar-refractivity contribution in [2.45, 2.75) is 20.8 Å². The molecule has 1 saturated heterocycles. The molecule has 4 rings (SSSR count). The Morgan fingerprint density at radius 2 is 1.86 bits per heavy atom. The van der Waals surface area contributed by atoms with E-state index < -0.39 is 0 Å². The molecule has 3 aromatic rings. The maximum absolute atomic E-state index is 12.8. The number of nitrogens with one attached hydrogen (secondary N) is 1. The molecule has 0 saturated carbocycles. The second-order valence-electron chi connectivity index (χ2n) is 7.57. The molecule has 152 valence electrons. The highest BCUT2D eigenvalue weighted by Gasteiger charge is 2.20. The van der Waals surface area contributed by atoms with E-state index in [0.29, 0.717) is 16.4 Å². The van der Waals surface area contributed by atoms with Crippen molar-refractivity contribution >= 4 is 39.9 Å². The van der Waals surface area contributed by atoms with Gasteiger partial charge in [0.15, 0.2) is 5.76 Å². The van der Waals surface area contributed by atoms with Crippen LogP contribution in [0, 0.1) is 13.8 Å². The minimum Gasteiger partial charge on any atom is -0.451 e. The fourth-order valence-corrected chi connectivity index (χ4v) is 4.07. The normalized spacial score (nSPS) is 15.1. The highest BCUT2D eigenvalue weighted by Crippen LogP contribution is 2.29. The molecule has 1 fully saturated rings. The summed E-state index contributed by atoms with van der Waals surface area (Å²) in [6, 6.07) is 11.6. The summed E-state index contributed by atoms with van der Waals surface area (Å²) in [7, 11) is 0. The number of nitrogens with zero attached hydrogens (tertiary/aromatic N) is 2. The van der Waals surface area contributed by atoms with Crippen LogP contribution in [0.2, 0.25) is 5.02 Å². The minimum absolute atomic E-state index is 0.248. The number of carbonyl (C=O) groups is 1. The molecule has 6 heteroatoms. The van der Waals surface area contributed by atoms with E-state index in [2.05, 4.69) is 34.2 Å². The average Bonchev–Trinajstić information content (AvgIpc) is 3.05. The van der Waals surface area contributed by atoms with Gasteiger partial charge in [-0.05, 0) is 62.4 Å². The summed E-state index contributed by atoms with van der Waals surface area (Å²) in [4.78, 5) is 17.7. The monoisotopic (exact) mass is 411 g/mol. The third-order valence-corrected chi connectivity index (χ3v) is 5.98. The molecule has 0 atom stereocenters. The van der Waals surface area contributed by atoms with Gasteiger partial charge in [0.1, 0.15) is 5.58 Å². The van der Waals surface area contributed by atoms with Crippen LogP contribution >= 0.6 is 11.6 Å². The lowest BCUT2D eigenvalue weighted by molar-refractivity contribution is 0.0998. The summed E-state index contributed by atoms with van der Waals surface area (Å²) < 4.78 is 5.78. The van der Waals surface area contributed by atoms with Crippen LogP contribution in [0.5, 0.6) is 0 Å². The highest BCUT2D eigenvalue weighted by atomic mass is 35.5. The molecule has 0 unspecified atom stereocenters. The Labute approximate surface area is 176 Å². The molecule has 2 aromatic carbocycles. The van der Waals surface area contributed by atoms with E-state index in [1.165, 1.54) is 5.69 Å². The SMILES string of the molecule is CCN1CCN(c2ccc(NC(=O)c3oc4ccc(Cl)cc4c3C)c(C)c2)CC1. The van der Waals surface area contributed by atoms with E-state index in [4.69, 9.17) is 16.0 Å². The topological polar surface area (TPSA) is 48.7 Å². The first-order valence-electron chi connectivity index (χ1n) is 10.0. The Morgan fingerprint density at radius 3 is 2.55 bits per heavy atom. The van der Waals surface area contributed by atoms with Crippen LogP contribution in [0.15, 0.2) is 40.8 Å². The standard InChI is InChI=1S/C23H26ClN3O2/c1-4-26-9-11-27(12-10-26)18-6-7-20(15(2)13-18)25-23(28)22-16(3)19-14-17(24)5-8-21(19)29-22/h5-8,13-14H,4,9-12H2,1-3H3,(H,25,28). The number of furan rings is 1. The van der Waals surface area contributed by atoms with Crippen LogP contribution < -0.4 is 10.2 Å². The molecule has 5 nitrogen and oxygen atoms in total. The lowest BCUT2D eigenvalue weighted by Gasteiger charge is -2.35. The zero-order valence-electron chi connectivity index (χ0n) is 17.1. The molecule has 0 radical (unpaired) electrons. The molecule has 1 aliphatic rings. The molecule has 0 aliphatic carbocycles. The summed E-state index contributed by atoms with van der Waals surface area (Å²) in [5.41, 5.74) is 4.48. The van der Waals surface area contributed by atoms with Crippen molar-refractivity contribution in [3.8, 4) is 0 Å². The zero-order valence-corrected chi connectivity index (χ0v) is 17.8. The minimum atomic E-state index is -0.248. The quantitative estimate of drug-likeness (QED) is 0.649. The average molecular weight is 412 g/mol. The fraction of sp³-hybridized carbons (Fsp3) is 0.348. The fourth-order valence-electron chi connectivity index (χ4n) is 3.90. The van der Waals surface area contributed by atoms with Gasteiger partial charge in [0.25, 0.3) is 5.91 Å². The molecule has 1 aliphatic heterocycles. The van der Waals surface area contributed by atoms with Crippen molar-refractivity contribution in [2.75, 3.05) is 42.9 Å². The Morgan fingerprint density at radius 1 is 1.10 bits per heavy atom. The number of likely N-dealkylation sites (N-methyl/N-ethyl adjacent to an activating group) is 1. The van der Waals surface area contributed by atoms with E-state index in [1.54, 1.807) is 12.1 Å². The third-order valence-electron chi connectivity index (χ3n) is 5.75. The number of carbonyl (C=O) groups excluding carboxylic acids is 1. The summed E-state index contributed by atoms with van der Waals surface area (Å²) >= 11 is 6.08. The van der Waals surface area contributed by atoms with Gasteiger partial charge in [-0.2, -0.15) is 0 Å².